The Hall–Kier alpha value is -0.990. The zero-order valence-electron chi connectivity index (χ0n) is 8.52. The van der Waals surface area contributed by atoms with Gasteiger partial charge in [0.1, 0.15) is 10.0 Å². The number of thiazole rings is 2. The van der Waals surface area contributed by atoms with E-state index < -0.39 is 21.8 Å². The lowest BCUT2D eigenvalue weighted by molar-refractivity contribution is -0.248. The Morgan fingerprint density at radius 3 is 2.35 bits per heavy atom. The quantitative estimate of drug-likeness (QED) is 0.920. The number of rotatable bonds is 2. The minimum Gasteiger partial charge on any atom is -0.369 e. The third-order valence-corrected chi connectivity index (χ3v) is 4.03. The van der Waals surface area contributed by atoms with Crippen molar-refractivity contribution in [3.8, 4) is 0 Å². The van der Waals surface area contributed by atoms with E-state index in [2.05, 4.69) is 9.97 Å². The van der Waals surface area contributed by atoms with Crippen molar-refractivity contribution in [1.29, 1.82) is 0 Å². The molecule has 1 atom stereocenters. The molecule has 0 bridgehead atoms. The molecule has 1 N–H and O–H groups in total. The zero-order chi connectivity index (χ0) is 12.7. The van der Waals surface area contributed by atoms with Crippen LogP contribution in [0.15, 0.2) is 17.0 Å². The van der Waals surface area contributed by atoms with Gasteiger partial charge in [-0.05, 0) is 6.92 Å². The van der Waals surface area contributed by atoms with Crippen LogP contribution in [0.25, 0.3) is 0 Å². The lowest BCUT2D eigenvalue weighted by Crippen LogP contribution is -2.43. The summed E-state index contributed by atoms with van der Waals surface area (Å²) in [5, 5.41) is 12.0. The molecule has 0 saturated heterocycles. The molecule has 3 nitrogen and oxygen atoms in total. The number of halogens is 3. The summed E-state index contributed by atoms with van der Waals surface area (Å²) < 4.78 is 39.1. The van der Waals surface area contributed by atoms with Crippen LogP contribution in [0.5, 0.6) is 0 Å². The topological polar surface area (TPSA) is 46.0 Å². The first-order valence-electron chi connectivity index (χ1n) is 4.47. The fourth-order valence-corrected chi connectivity index (χ4v) is 2.99. The maximum absolute atomic E-state index is 13.0. The first-order valence-corrected chi connectivity index (χ1v) is 6.23. The highest BCUT2D eigenvalue weighted by Gasteiger charge is 2.60. The lowest BCUT2D eigenvalue weighted by Gasteiger charge is -2.26. The maximum atomic E-state index is 13.0. The average Bonchev–Trinajstić information content (AvgIpc) is 2.84. The highest BCUT2D eigenvalue weighted by atomic mass is 32.1. The van der Waals surface area contributed by atoms with Gasteiger partial charge in [-0.1, -0.05) is 0 Å². The Morgan fingerprint density at radius 2 is 1.94 bits per heavy atom. The van der Waals surface area contributed by atoms with Gasteiger partial charge < -0.3 is 5.11 Å². The van der Waals surface area contributed by atoms with Gasteiger partial charge in [-0.15, -0.1) is 22.7 Å². The Morgan fingerprint density at radius 1 is 1.24 bits per heavy atom. The van der Waals surface area contributed by atoms with E-state index in [1.807, 2.05) is 0 Å². The Bertz CT molecular complexity index is 509. The van der Waals surface area contributed by atoms with Crippen molar-refractivity contribution in [3.63, 3.8) is 0 Å². The monoisotopic (exact) mass is 280 g/mol. The van der Waals surface area contributed by atoms with Gasteiger partial charge in [-0.25, -0.2) is 9.97 Å². The molecule has 0 radical (unpaired) electrons. The first-order chi connectivity index (χ1) is 7.85. The summed E-state index contributed by atoms with van der Waals surface area (Å²) in [6, 6.07) is 0. The Labute approximate surface area is 103 Å². The van der Waals surface area contributed by atoms with E-state index in [9.17, 15) is 18.3 Å². The van der Waals surface area contributed by atoms with Gasteiger partial charge in [0.15, 0.2) is 0 Å². The molecule has 2 heterocycles. The summed E-state index contributed by atoms with van der Waals surface area (Å²) in [6.07, 6.45) is -3.63. The normalized spacial score (nSPS) is 15.8. The van der Waals surface area contributed by atoms with E-state index >= 15 is 0 Å². The molecule has 17 heavy (non-hydrogen) atoms. The van der Waals surface area contributed by atoms with E-state index in [0.717, 1.165) is 22.7 Å². The molecule has 8 heteroatoms. The van der Waals surface area contributed by atoms with E-state index in [-0.39, 0.29) is 0 Å². The van der Waals surface area contributed by atoms with Gasteiger partial charge in [0.25, 0.3) is 5.60 Å². The number of aliphatic hydroxyl groups is 1. The molecule has 0 saturated carbocycles. The fourth-order valence-electron chi connectivity index (χ4n) is 1.26. The van der Waals surface area contributed by atoms with Gasteiger partial charge in [0, 0.05) is 22.7 Å². The highest BCUT2D eigenvalue weighted by Crippen LogP contribution is 2.45. The molecule has 0 aliphatic rings. The molecule has 2 aromatic rings. The number of hydrogen-bond acceptors (Lipinski definition) is 5. The first kappa shape index (κ1) is 12.5. The van der Waals surface area contributed by atoms with Crippen LogP contribution in [-0.2, 0) is 5.60 Å². The van der Waals surface area contributed by atoms with Crippen molar-refractivity contribution in [3.05, 3.63) is 32.7 Å². The predicted octanol–water partition coefficient (Wildman–Crippen LogP) is 2.71. The van der Waals surface area contributed by atoms with E-state index in [0.29, 0.717) is 5.69 Å². The average molecular weight is 280 g/mol. The van der Waals surface area contributed by atoms with Gasteiger partial charge in [0.05, 0.1) is 0 Å². The Balaban J connectivity index is 2.60. The van der Waals surface area contributed by atoms with Crippen molar-refractivity contribution in [1.82, 2.24) is 9.97 Å². The minimum atomic E-state index is -4.85. The minimum absolute atomic E-state index is 0.405. The standard InChI is InChI=1S/C9H7F3N2OS2/c1-5-4-17-7(14-5)8(15,9(10,11)12)6-13-2-3-16-6/h2-4,15H,1H3. The second kappa shape index (κ2) is 4.04. The maximum Gasteiger partial charge on any atom is 0.430 e. The third kappa shape index (κ3) is 1.96. The second-order valence-electron chi connectivity index (χ2n) is 3.34. The molecular formula is C9H7F3N2OS2. The summed E-state index contributed by atoms with van der Waals surface area (Å²) in [4.78, 5) is 7.28. The van der Waals surface area contributed by atoms with Gasteiger partial charge in [0.2, 0.25) is 0 Å². The molecule has 0 aliphatic heterocycles. The third-order valence-electron chi connectivity index (χ3n) is 2.08. The molecule has 0 fully saturated rings. The number of nitrogens with zero attached hydrogens (tertiary/aromatic N) is 2. The van der Waals surface area contributed by atoms with Crippen molar-refractivity contribution in [2.24, 2.45) is 0 Å². The van der Waals surface area contributed by atoms with E-state index in [1.54, 1.807) is 6.92 Å². The molecule has 0 aliphatic carbocycles. The fraction of sp³-hybridized carbons (Fsp3) is 0.333. The molecule has 0 amide bonds. The second-order valence-corrected chi connectivity index (χ2v) is 5.09. The van der Waals surface area contributed by atoms with Crippen LogP contribution < -0.4 is 0 Å². The number of aryl methyl sites for hydroxylation is 1. The predicted molar refractivity (Wildman–Crippen MR) is 58.0 cm³/mol. The summed E-state index contributed by atoms with van der Waals surface area (Å²) in [5.74, 6) is 0. The molecule has 1 unspecified atom stereocenters. The van der Waals surface area contributed by atoms with Crippen LogP contribution in [0, 0.1) is 6.92 Å². The number of alkyl halides is 3. The summed E-state index contributed by atoms with van der Waals surface area (Å²) in [6.45, 7) is 1.57. The summed E-state index contributed by atoms with van der Waals surface area (Å²) >= 11 is 1.51. The Kier molecular flexibility index (Phi) is 2.96. The SMILES string of the molecule is Cc1csc(C(O)(c2nccs2)C(F)(F)F)n1. The molecule has 0 aromatic carbocycles. The molecule has 2 rings (SSSR count). The summed E-state index contributed by atoms with van der Waals surface area (Å²) in [7, 11) is 0. The molecule has 0 spiro atoms. The van der Waals surface area contributed by atoms with Gasteiger partial charge in [-0.3, -0.25) is 0 Å². The molecule has 92 valence electrons. The molecular weight excluding hydrogens is 273 g/mol. The van der Waals surface area contributed by atoms with Crippen LogP contribution in [0.2, 0.25) is 0 Å². The molecule has 2 aromatic heterocycles. The van der Waals surface area contributed by atoms with Gasteiger partial charge >= 0.3 is 6.18 Å². The van der Waals surface area contributed by atoms with Gasteiger partial charge in [-0.2, -0.15) is 13.2 Å². The van der Waals surface area contributed by atoms with Crippen LogP contribution in [-0.4, -0.2) is 21.3 Å². The van der Waals surface area contributed by atoms with Crippen LogP contribution in [0.3, 0.4) is 0 Å². The van der Waals surface area contributed by atoms with Crippen molar-refractivity contribution < 1.29 is 18.3 Å². The van der Waals surface area contributed by atoms with Crippen LogP contribution >= 0.6 is 22.7 Å². The van der Waals surface area contributed by atoms with Crippen LogP contribution in [0.1, 0.15) is 15.7 Å². The largest absolute Gasteiger partial charge is 0.430 e. The van der Waals surface area contributed by atoms with Crippen molar-refractivity contribution >= 4 is 22.7 Å². The summed E-state index contributed by atoms with van der Waals surface area (Å²) in [5.41, 5.74) is -2.68. The van der Waals surface area contributed by atoms with Crippen molar-refractivity contribution in [2.75, 3.05) is 0 Å². The lowest BCUT2D eigenvalue weighted by atomic mass is 10.1. The highest BCUT2D eigenvalue weighted by molar-refractivity contribution is 7.11. The van der Waals surface area contributed by atoms with Crippen LogP contribution in [0.4, 0.5) is 13.2 Å². The van der Waals surface area contributed by atoms with E-state index in [1.165, 1.54) is 17.0 Å². The van der Waals surface area contributed by atoms with E-state index in [4.69, 9.17) is 0 Å². The van der Waals surface area contributed by atoms with Crippen molar-refractivity contribution in [2.45, 2.75) is 18.7 Å². The smallest absolute Gasteiger partial charge is 0.369 e. The zero-order valence-corrected chi connectivity index (χ0v) is 10.2. The number of aromatic nitrogens is 2. The number of hydrogen-bond donors (Lipinski definition) is 1.